The summed E-state index contributed by atoms with van der Waals surface area (Å²) in [4.78, 5) is 11.3. The fraction of sp³-hybridized carbons (Fsp3) is 0.200. The molecule has 0 radical (unpaired) electrons. The van der Waals surface area contributed by atoms with Crippen LogP contribution in [0.1, 0.15) is 21.5 Å². The van der Waals surface area contributed by atoms with Crippen molar-refractivity contribution in [2.45, 2.75) is 6.18 Å². The summed E-state index contributed by atoms with van der Waals surface area (Å²) in [5.41, 5.74) is -2.41. The Bertz CT molecular complexity index is 505. The minimum Gasteiger partial charge on any atom is -0.507 e. The summed E-state index contributed by atoms with van der Waals surface area (Å²) in [6, 6.07) is 2.54. The molecule has 0 bridgehead atoms. The van der Waals surface area contributed by atoms with E-state index in [1.807, 2.05) is 0 Å². The van der Waals surface area contributed by atoms with Crippen molar-refractivity contribution >= 4 is 21.7 Å². The molecule has 1 aromatic carbocycles. The van der Waals surface area contributed by atoms with Gasteiger partial charge < -0.3 is 5.11 Å². The predicted molar refractivity (Wildman–Crippen MR) is 55.9 cm³/mol. The molecule has 0 atom stereocenters. The smallest absolute Gasteiger partial charge is 0.417 e. The number of Topliss-reactive ketones (excluding diaryl/α,β-unsaturated/α-hetero) is 1. The Kier molecular flexibility index (Phi) is 3.78. The number of carbonyl (C=O) groups is 1. The predicted octanol–water partition coefficient (Wildman–Crippen LogP) is 2.86. The summed E-state index contributed by atoms with van der Waals surface area (Å²) in [5, 5.41) is 17.5. The third-order valence-electron chi connectivity index (χ3n) is 1.98. The lowest BCUT2D eigenvalue weighted by Crippen LogP contribution is -2.14. The molecule has 0 aliphatic carbocycles. The Morgan fingerprint density at radius 1 is 1.47 bits per heavy atom. The highest BCUT2D eigenvalue weighted by Crippen LogP contribution is 2.35. The number of halogens is 4. The minimum absolute atomic E-state index is 0.304. The number of carbonyl (C=O) groups excluding carboxylic acids is 1. The monoisotopic (exact) mass is 307 g/mol. The molecule has 17 heavy (non-hydrogen) atoms. The van der Waals surface area contributed by atoms with Gasteiger partial charge in [0.1, 0.15) is 11.8 Å². The van der Waals surface area contributed by atoms with E-state index in [0.717, 1.165) is 0 Å². The molecule has 1 aromatic rings. The lowest BCUT2D eigenvalue weighted by Gasteiger charge is -2.12. The van der Waals surface area contributed by atoms with E-state index in [9.17, 15) is 23.1 Å². The second-order valence-electron chi connectivity index (χ2n) is 3.08. The van der Waals surface area contributed by atoms with Crippen molar-refractivity contribution in [3.63, 3.8) is 0 Å². The first-order chi connectivity index (χ1) is 7.81. The van der Waals surface area contributed by atoms with Crippen molar-refractivity contribution in [1.82, 2.24) is 0 Å². The highest BCUT2D eigenvalue weighted by Gasteiger charge is 2.36. The average Bonchev–Trinajstić information content (AvgIpc) is 2.26. The molecule has 0 aliphatic heterocycles. The zero-order chi connectivity index (χ0) is 13.2. The highest BCUT2D eigenvalue weighted by molar-refractivity contribution is 9.09. The molecule has 3 nitrogen and oxygen atoms in total. The highest BCUT2D eigenvalue weighted by atomic mass is 79.9. The van der Waals surface area contributed by atoms with Gasteiger partial charge in [0.2, 0.25) is 0 Å². The summed E-state index contributed by atoms with van der Waals surface area (Å²) in [7, 11) is 0. The van der Waals surface area contributed by atoms with Gasteiger partial charge in [0.15, 0.2) is 5.78 Å². The quantitative estimate of drug-likeness (QED) is 0.675. The largest absolute Gasteiger partial charge is 0.507 e. The molecule has 1 rings (SSSR count). The number of hydrogen-bond donors (Lipinski definition) is 1. The van der Waals surface area contributed by atoms with Gasteiger partial charge in [-0.1, -0.05) is 15.9 Å². The van der Waals surface area contributed by atoms with Crippen LogP contribution >= 0.6 is 15.9 Å². The molecule has 0 aromatic heterocycles. The van der Waals surface area contributed by atoms with Gasteiger partial charge in [-0.15, -0.1) is 0 Å². The molecular formula is C10H5BrF3NO2. The van der Waals surface area contributed by atoms with Gasteiger partial charge >= 0.3 is 6.18 Å². The summed E-state index contributed by atoms with van der Waals surface area (Å²) in [6.45, 7) is 0. The molecule has 0 saturated heterocycles. The molecule has 0 saturated carbocycles. The molecule has 0 aliphatic rings. The lowest BCUT2D eigenvalue weighted by atomic mass is 10.00. The van der Waals surface area contributed by atoms with Crippen LogP contribution in [0.3, 0.4) is 0 Å². The van der Waals surface area contributed by atoms with Gasteiger partial charge in [-0.05, 0) is 12.1 Å². The number of nitriles is 1. The first-order valence-electron chi connectivity index (χ1n) is 4.24. The molecule has 1 N–H and O–H groups in total. The van der Waals surface area contributed by atoms with Crippen molar-refractivity contribution in [1.29, 1.82) is 5.26 Å². The number of alkyl halides is 4. The number of phenols is 1. The third kappa shape index (κ3) is 2.77. The molecule has 7 heteroatoms. The number of phenolic OH excluding ortho intramolecular Hbond substituents is 1. The summed E-state index contributed by atoms with van der Waals surface area (Å²) in [6.07, 6.45) is -4.76. The molecule has 0 heterocycles. The van der Waals surface area contributed by atoms with Crippen LogP contribution < -0.4 is 0 Å². The van der Waals surface area contributed by atoms with Gasteiger partial charge in [-0.3, -0.25) is 4.79 Å². The van der Waals surface area contributed by atoms with E-state index in [-0.39, 0.29) is 5.33 Å². The van der Waals surface area contributed by atoms with Gasteiger partial charge in [0.05, 0.1) is 16.5 Å². The topological polar surface area (TPSA) is 61.1 Å². The number of ketones is 1. The van der Waals surface area contributed by atoms with E-state index in [2.05, 4.69) is 15.9 Å². The van der Waals surface area contributed by atoms with Gasteiger partial charge in [-0.25, -0.2) is 0 Å². The minimum atomic E-state index is -4.76. The SMILES string of the molecule is N#Cc1cc(C(F)(F)F)c(C(=O)CBr)cc1O. The van der Waals surface area contributed by atoms with Crippen LogP contribution in [0.15, 0.2) is 12.1 Å². The first-order valence-corrected chi connectivity index (χ1v) is 5.37. The number of nitrogens with zero attached hydrogens (tertiary/aromatic N) is 1. The van der Waals surface area contributed by atoms with Gasteiger partial charge in [0.25, 0.3) is 0 Å². The van der Waals surface area contributed by atoms with Gasteiger partial charge in [0, 0.05) is 5.56 Å². The first kappa shape index (κ1) is 13.5. The standard InChI is InChI=1S/C10H5BrF3NO2/c11-3-9(17)6-2-8(16)5(4-15)1-7(6)10(12,13)14/h1-2,16H,3H2. The van der Waals surface area contributed by atoms with E-state index in [1.165, 1.54) is 6.07 Å². The Morgan fingerprint density at radius 2 is 2.06 bits per heavy atom. The van der Waals surface area contributed by atoms with Crippen molar-refractivity contribution in [3.05, 3.63) is 28.8 Å². The number of hydrogen-bond acceptors (Lipinski definition) is 3. The van der Waals surface area contributed by atoms with Crippen molar-refractivity contribution in [2.24, 2.45) is 0 Å². The summed E-state index contributed by atoms with van der Waals surface area (Å²) >= 11 is 2.75. The summed E-state index contributed by atoms with van der Waals surface area (Å²) in [5.74, 6) is -1.47. The molecular weight excluding hydrogens is 303 g/mol. The maximum atomic E-state index is 12.6. The Labute approximate surface area is 103 Å². The maximum Gasteiger partial charge on any atom is 0.417 e. The van der Waals surface area contributed by atoms with Crippen LogP contribution in [0.2, 0.25) is 0 Å². The Balaban J connectivity index is 3.54. The van der Waals surface area contributed by atoms with Crippen LogP contribution in [0, 0.1) is 11.3 Å². The number of benzene rings is 1. The zero-order valence-corrected chi connectivity index (χ0v) is 9.76. The van der Waals surface area contributed by atoms with E-state index in [0.29, 0.717) is 12.1 Å². The fourth-order valence-electron chi connectivity index (χ4n) is 1.22. The van der Waals surface area contributed by atoms with E-state index in [4.69, 9.17) is 5.26 Å². The fourth-order valence-corrected chi connectivity index (χ4v) is 1.52. The maximum absolute atomic E-state index is 12.6. The molecule has 0 spiro atoms. The molecule has 0 fully saturated rings. The molecule has 0 unspecified atom stereocenters. The molecule has 90 valence electrons. The average molecular weight is 308 g/mol. The zero-order valence-electron chi connectivity index (χ0n) is 8.18. The van der Waals surface area contributed by atoms with E-state index >= 15 is 0 Å². The van der Waals surface area contributed by atoms with Crippen molar-refractivity contribution in [2.75, 3.05) is 5.33 Å². The van der Waals surface area contributed by atoms with Crippen molar-refractivity contribution < 1.29 is 23.1 Å². The second-order valence-corrected chi connectivity index (χ2v) is 3.64. The van der Waals surface area contributed by atoms with Crippen LogP contribution in [0.5, 0.6) is 5.75 Å². The van der Waals surface area contributed by atoms with E-state index < -0.39 is 34.4 Å². The van der Waals surface area contributed by atoms with Crippen LogP contribution in [0.25, 0.3) is 0 Å². The van der Waals surface area contributed by atoms with Crippen LogP contribution in [-0.4, -0.2) is 16.2 Å². The Hall–Kier alpha value is -1.55. The van der Waals surface area contributed by atoms with Crippen LogP contribution in [-0.2, 0) is 6.18 Å². The van der Waals surface area contributed by atoms with Crippen LogP contribution in [0.4, 0.5) is 13.2 Å². The second kappa shape index (κ2) is 4.75. The number of rotatable bonds is 2. The molecule has 0 amide bonds. The summed E-state index contributed by atoms with van der Waals surface area (Å²) < 4.78 is 37.9. The normalized spacial score (nSPS) is 11.0. The Morgan fingerprint density at radius 3 is 2.47 bits per heavy atom. The van der Waals surface area contributed by atoms with E-state index in [1.54, 1.807) is 0 Å². The van der Waals surface area contributed by atoms with Crippen molar-refractivity contribution in [3.8, 4) is 11.8 Å². The third-order valence-corrected chi connectivity index (χ3v) is 2.49. The van der Waals surface area contributed by atoms with Gasteiger partial charge in [-0.2, -0.15) is 18.4 Å². The lowest BCUT2D eigenvalue weighted by molar-refractivity contribution is -0.137. The number of aromatic hydroxyl groups is 1.